The molecule has 2 atom stereocenters. The zero-order valence-corrected chi connectivity index (χ0v) is 13.0. The van der Waals surface area contributed by atoms with Crippen molar-refractivity contribution < 1.29 is 4.79 Å². The maximum Gasteiger partial charge on any atom is 0.220 e. The summed E-state index contributed by atoms with van der Waals surface area (Å²) in [4.78, 5) is 11.9. The van der Waals surface area contributed by atoms with Crippen LogP contribution >= 0.6 is 0 Å². The Morgan fingerprint density at radius 2 is 1.85 bits per heavy atom. The Morgan fingerprint density at radius 1 is 1.20 bits per heavy atom. The summed E-state index contributed by atoms with van der Waals surface area (Å²) in [6.45, 7) is 7.01. The Hall–Kier alpha value is -1.35. The largest absolute Gasteiger partial charge is 0.350 e. The summed E-state index contributed by atoms with van der Waals surface area (Å²) >= 11 is 0. The van der Waals surface area contributed by atoms with Gasteiger partial charge in [-0.05, 0) is 49.8 Å². The Bertz CT molecular complexity index is 400. The fourth-order valence-electron chi connectivity index (χ4n) is 2.25. The SMILES string of the molecule is CCc1ccc(C(C)NC(=O)CCC(C)CCN)cc1. The van der Waals surface area contributed by atoms with Gasteiger partial charge < -0.3 is 11.1 Å². The third kappa shape index (κ3) is 5.74. The molecule has 0 aromatic heterocycles. The highest BCUT2D eigenvalue weighted by molar-refractivity contribution is 5.76. The molecule has 0 spiro atoms. The lowest BCUT2D eigenvalue weighted by Crippen LogP contribution is -2.26. The van der Waals surface area contributed by atoms with Crippen LogP contribution in [0.5, 0.6) is 0 Å². The fraction of sp³-hybridized carbons (Fsp3) is 0.588. The normalized spacial score (nSPS) is 13.8. The Labute approximate surface area is 122 Å². The molecular formula is C17H28N2O. The molecule has 0 aliphatic carbocycles. The topological polar surface area (TPSA) is 55.1 Å². The minimum Gasteiger partial charge on any atom is -0.350 e. The lowest BCUT2D eigenvalue weighted by atomic mass is 10.0. The number of aryl methyl sites for hydroxylation is 1. The van der Waals surface area contributed by atoms with E-state index < -0.39 is 0 Å². The molecule has 0 aliphatic heterocycles. The number of benzene rings is 1. The molecule has 1 amide bonds. The second-order valence-corrected chi connectivity index (χ2v) is 5.61. The van der Waals surface area contributed by atoms with Crippen molar-refractivity contribution >= 4 is 5.91 Å². The quantitative estimate of drug-likeness (QED) is 0.766. The molecule has 3 N–H and O–H groups in total. The van der Waals surface area contributed by atoms with Crippen molar-refractivity contribution in [1.82, 2.24) is 5.32 Å². The highest BCUT2D eigenvalue weighted by Crippen LogP contribution is 2.15. The first kappa shape index (κ1) is 16.7. The molecule has 112 valence electrons. The molecule has 0 saturated heterocycles. The van der Waals surface area contributed by atoms with Crippen LogP contribution < -0.4 is 11.1 Å². The van der Waals surface area contributed by atoms with E-state index in [0.717, 1.165) is 24.8 Å². The van der Waals surface area contributed by atoms with E-state index in [9.17, 15) is 4.79 Å². The summed E-state index contributed by atoms with van der Waals surface area (Å²) in [5.41, 5.74) is 8.00. The lowest BCUT2D eigenvalue weighted by Gasteiger charge is -2.16. The zero-order chi connectivity index (χ0) is 15.0. The van der Waals surface area contributed by atoms with E-state index in [1.165, 1.54) is 5.56 Å². The van der Waals surface area contributed by atoms with Gasteiger partial charge in [0.25, 0.3) is 0 Å². The van der Waals surface area contributed by atoms with Crippen LogP contribution in [0.1, 0.15) is 57.2 Å². The molecule has 0 fully saturated rings. The van der Waals surface area contributed by atoms with Gasteiger partial charge in [0, 0.05) is 6.42 Å². The van der Waals surface area contributed by atoms with Crippen molar-refractivity contribution in [3.05, 3.63) is 35.4 Å². The highest BCUT2D eigenvalue weighted by atomic mass is 16.1. The average molecular weight is 276 g/mol. The number of rotatable bonds is 8. The standard InChI is InChI=1S/C17H28N2O/c1-4-15-6-8-16(9-7-15)14(3)19-17(20)10-5-13(2)11-12-18/h6-9,13-14H,4-5,10-12,18H2,1-3H3,(H,19,20). The van der Waals surface area contributed by atoms with Gasteiger partial charge in [-0.1, -0.05) is 38.1 Å². The zero-order valence-electron chi connectivity index (χ0n) is 13.0. The maximum atomic E-state index is 11.9. The first-order valence-electron chi connectivity index (χ1n) is 7.65. The van der Waals surface area contributed by atoms with E-state index in [0.29, 0.717) is 18.9 Å². The predicted octanol–water partition coefficient (Wildman–Crippen LogP) is 3.19. The molecule has 0 heterocycles. The van der Waals surface area contributed by atoms with Crippen LogP contribution in [0.4, 0.5) is 0 Å². The van der Waals surface area contributed by atoms with Crippen molar-refractivity contribution in [2.24, 2.45) is 11.7 Å². The summed E-state index contributed by atoms with van der Waals surface area (Å²) in [7, 11) is 0. The molecule has 0 aliphatic rings. The molecule has 3 nitrogen and oxygen atoms in total. The lowest BCUT2D eigenvalue weighted by molar-refractivity contribution is -0.122. The van der Waals surface area contributed by atoms with Crippen LogP contribution in [-0.2, 0) is 11.2 Å². The molecular weight excluding hydrogens is 248 g/mol. The molecule has 1 aromatic rings. The van der Waals surface area contributed by atoms with Crippen LogP contribution in [-0.4, -0.2) is 12.5 Å². The van der Waals surface area contributed by atoms with Gasteiger partial charge in [0.1, 0.15) is 0 Å². The van der Waals surface area contributed by atoms with Gasteiger partial charge in [-0.3, -0.25) is 4.79 Å². The summed E-state index contributed by atoms with van der Waals surface area (Å²) < 4.78 is 0. The number of amides is 1. The van der Waals surface area contributed by atoms with Gasteiger partial charge in [-0.2, -0.15) is 0 Å². The van der Waals surface area contributed by atoms with Crippen LogP contribution in [0.25, 0.3) is 0 Å². The van der Waals surface area contributed by atoms with E-state index in [1.807, 2.05) is 6.92 Å². The molecule has 0 saturated carbocycles. The average Bonchev–Trinajstić information content (AvgIpc) is 2.45. The number of carbonyl (C=O) groups excluding carboxylic acids is 1. The molecule has 1 aromatic carbocycles. The number of carbonyl (C=O) groups is 1. The van der Waals surface area contributed by atoms with Crippen LogP contribution in [0.2, 0.25) is 0 Å². The van der Waals surface area contributed by atoms with Gasteiger partial charge in [0.15, 0.2) is 0 Å². The fourth-order valence-corrected chi connectivity index (χ4v) is 2.25. The number of hydrogen-bond acceptors (Lipinski definition) is 2. The van der Waals surface area contributed by atoms with Crippen molar-refractivity contribution in [3.8, 4) is 0 Å². The predicted molar refractivity (Wildman–Crippen MR) is 84.4 cm³/mol. The molecule has 1 rings (SSSR count). The summed E-state index contributed by atoms with van der Waals surface area (Å²) in [6, 6.07) is 8.52. The summed E-state index contributed by atoms with van der Waals surface area (Å²) in [5, 5.41) is 3.06. The van der Waals surface area contributed by atoms with Crippen LogP contribution in [0.3, 0.4) is 0 Å². The molecule has 2 unspecified atom stereocenters. The molecule has 20 heavy (non-hydrogen) atoms. The maximum absolute atomic E-state index is 11.9. The first-order valence-corrected chi connectivity index (χ1v) is 7.65. The van der Waals surface area contributed by atoms with Crippen molar-refractivity contribution in [1.29, 1.82) is 0 Å². The monoisotopic (exact) mass is 276 g/mol. The van der Waals surface area contributed by atoms with Crippen LogP contribution in [0, 0.1) is 5.92 Å². The minimum absolute atomic E-state index is 0.0678. The van der Waals surface area contributed by atoms with Crippen molar-refractivity contribution in [3.63, 3.8) is 0 Å². The van der Waals surface area contributed by atoms with E-state index >= 15 is 0 Å². The third-order valence-corrected chi connectivity index (χ3v) is 3.79. The molecule has 3 heteroatoms. The van der Waals surface area contributed by atoms with Crippen molar-refractivity contribution in [2.45, 2.75) is 52.5 Å². The first-order chi connectivity index (χ1) is 9.56. The number of nitrogens with one attached hydrogen (secondary N) is 1. The number of hydrogen-bond donors (Lipinski definition) is 2. The summed E-state index contributed by atoms with van der Waals surface area (Å²) in [6.07, 6.45) is 3.52. The summed E-state index contributed by atoms with van der Waals surface area (Å²) in [5.74, 6) is 0.644. The minimum atomic E-state index is 0.0678. The van der Waals surface area contributed by atoms with Gasteiger partial charge >= 0.3 is 0 Å². The van der Waals surface area contributed by atoms with E-state index in [1.54, 1.807) is 0 Å². The van der Waals surface area contributed by atoms with Crippen molar-refractivity contribution in [2.75, 3.05) is 6.54 Å². The van der Waals surface area contributed by atoms with Gasteiger partial charge in [-0.15, -0.1) is 0 Å². The highest BCUT2D eigenvalue weighted by Gasteiger charge is 2.11. The smallest absolute Gasteiger partial charge is 0.220 e. The van der Waals surface area contributed by atoms with Gasteiger partial charge in [0.2, 0.25) is 5.91 Å². The Morgan fingerprint density at radius 3 is 2.40 bits per heavy atom. The van der Waals surface area contributed by atoms with E-state index in [-0.39, 0.29) is 11.9 Å². The third-order valence-electron chi connectivity index (χ3n) is 3.79. The van der Waals surface area contributed by atoms with Crippen LogP contribution in [0.15, 0.2) is 24.3 Å². The Kier molecular flexibility index (Phi) is 7.31. The van der Waals surface area contributed by atoms with Gasteiger partial charge in [0.05, 0.1) is 6.04 Å². The molecule has 0 bridgehead atoms. The van der Waals surface area contributed by atoms with E-state index in [2.05, 4.69) is 43.4 Å². The van der Waals surface area contributed by atoms with E-state index in [4.69, 9.17) is 5.73 Å². The number of nitrogens with two attached hydrogens (primary N) is 1. The Balaban J connectivity index is 2.40. The second-order valence-electron chi connectivity index (χ2n) is 5.61. The molecule has 0 radical (unpaired) electrons. The second kappa shape index (κ2) is 8.75. The van der Waals surface area contributed by atoms with Gasteiger partial charge in [-0.25, -0.2) is 0 Å².